The van der Waals surface area contributed by atoms with E-state index in [1.165, 1.54) is 30.6 Å². The smallest absolute Gasteiger partial charge is 0.0446 e. The van der Waals surface area contributed by atoms with Crippen molar-refractivity contribution in [2.24, 2.45) is 5.92 Å². The molecule has 0 bridgehead atoms. The predicted octanol–water partition coefficient (Wildman–Crippen LogP) is 3.59. The summed E-state index contributed by atoms with van der Waals surface area (Å²) in [5.74, 6) is 0.857. The zero-order chi connectivity index (χ0) is 14.8. The van der Waals surface area contributed by atoms with Crippen molar-refractivity contribution in [3.8, 4) is 0 Å². The molecule has 1 heterocycles. The minimum absolute atomic E-state index is 0.234. The van der Waals surface area contributed by atoms with E-state index in [4.69, 9.17) is 0 Å². The molecule has 2 heteroatoms. The van der Waals surface area contributed by atoms with E-state index >= 15 is 0 Å². The number of hydrogen-bond donors (Lipinski definition) is 1. The van der Waals surface area contributed by atoms with Crippen LogP contribution in [0.4, 0.5) is 0 Å². The summed E-state index contributed by atoms with van der Waals surface area (Å²) in [6.07, 6.45) is 1.35. The fraction of sp³-hybridized carbons (Fsp3) is 0.667. The fourth-order valence-corrected chi connectivity index (χ4v) is 3.03. The van der Waals surface area contributed by atoms with Gasteiger partial charge in [0.15, 0.2) is 0 Å². The first-order valence-corrected chi connectivity index (χ1v) is 7.90. The van der Waals surface area contributed by atoms with Gasteiger partial charge in [0.25, 0.3) is 0 Å². The summed E-state index contributed by atoms with van der Waals surface area (Å²) in [4.78, 5) is 2.59. The van der Waals surface area contributed by atoms with E-state index in [1.807, 2.05) is 0 Å². The molecule has 112 valence electrons. The van der Waals surface area contributed by atoms with Crippen LogP contribution in [-0.4, -0.2) is 31.6 Å². The molecule has 2 rings (SSSR count). The van der Waals surface area contributed by atoms with Crippen LogP contribution in [0.2, 0.25) is 0 Å². The van der Waals surface area contributed by atoms with Crippen LogP contribution in [0.5, 0.6) is 0 Å². The van der Waals surface area contributed by atoms with Crippen LogP contribution in [0.3, 0.4) is 0 Å². The van der Waals surface area contributed by atoms with Gasteiger partial charge in [-0.05, 0) is 42.5 Å². The van der Waals surface area contributed by atoms with E-state index in [0.29, 0.717) is 6.04 Å². The Morgan fingerprint density at radius 1 is 1.25 bits per heavy atom. The Kier molecular flexibility index (Phi) is 4.87. The van der Waals surface area contributed by atoms with E-state index in [-0.39, 0.29) is 5.41 Å². The Balaban J connectivity index is 2.04. The van der Waals surface area contributed by atoms with Crippen LogP contribution in [-0.2, 0) is 5.41 Å². The Morgan fingerprint density at radius 2 is 1.90 bits per heavy atom. The Hall–Kier alpha value is -0.860. The Labute approximate surface area is 124 Å². The van der Waals surface area contributed by atoms with Crippen LogP contribution in [0.25, 0.3) is 0 Å². The number of benzene rings is 1. The average Bonchev–Trinajstić information content (AvgIpc) is 2.81. The lowest BCUT2D eigenvalue weighted by atomic mass is 9.86. The summed E-state index contributed by atoms with van der Waals surface area (Å²) < 4.78 is 0. The molecule has 2 nitrogen and oxygen atoms in total. The zero-order valence-electron chi connectivity index (χ0n) is 13.7. The molecule has 1 aromatic carbocycles. The summed E-state index contributed by atoms with van der Waals surface area (Å²) in [6, 6.07) is 9.59. The summed E-state index contributed by atoms with van der Waals surface area (Å²) in [5.41, 5.74) is 3.05. The second-order valence-corrected chi connectivity index (χ2v) is 7.37. The highest BCUT2D eigenvalue weighted by Gasteiger charge is 2.22. The highest BCUT2D eigenvalue weighted by molar-refractivity contribution is 5.29. The first-order chi connectivity index (χ1) is 9.40. The standard InChI is InChI=1S/C18H30N2/c1-14-10-11-20(12-14)13-17(19-5)15-6-8-16(9-7-15)18(2,3)4/h6-9,14,17,19H,10-13H2,1-5H3. The van der Waals surface area contributed by atoms with E-state index < -0.39 is 0 Å². The van der Waals surface area contributed by atoms with Crippen molar-refractivity contribution in [3.63, 3.8) is 0 Å². The quantitative estimate of drug-likeness (QED) is 0.902. The summed E-state index contributed by atoms with van der Waals surface area (Å²) >= 11 is 0. The molecule has 1 fully saturated rings. The number of nitrogens with zero attached hydrogens (tertiary/aromatic N) is 1. The van der Waals surface area contributed by atoms with Gasteiger partial charge in [-0.1, -0.05) is 52.0 Å². The van der Waals surface area contributed by atoms with Crippen LogP contribution in [0.1, 0.15) is 51.3 Å². The Morgan fingerprint density at radius 3 is 2.35 bits per heavy atom. The number of rotatable bonds is 4. The largest absolute Gasteiger partial charge is 0.312 e. The van der Waals surface area contributed by atoms with Crippen molar-refractivity contribution in [1.29, 1.82) is 0 Å². The van der Waals surface area contributed by atoms with Gasteiger partial charge in [-0.25, -0.2) is 0 Å². The molecule has 0 saturated carbocycles. The molecule has 0 spiro atoms. The minimum Gasteiger partial charge on any atom is -0.312 e. The van der Waals surface area contributed by atoms with Gasteiger partial charge in [-0.3, -0.25) is 0 Å². The van der Waals surface area contributed by atoms with Gasteiger partial charge in [0, 0.05) is 19.1 Å². The molecule has 2 atom stereocenters. The number of nitrogens with one attached hydrogen (secondary N) is 1. The van der Waals surface area contributed by atoms with Gasteiger partial charge in [0.05, 0.1) is 0 Å². The summed E-state index contributed by atoms with van der Waals surface area (Å²) in [7, 11) is 2.07. The van der Waals surface area contributed by atoms with E-state index in [9.17, 15) is 0 Å². The number of likely N-dealkylation sites (N-methyl/N-ethyl adjacent to an activating group) is 1. The monoisotopic (exact) mass is 274 g/mol. The second kappa shape index (κ2) is 6.28. The maximum atomic E-state index is 3.48. The average molecular weight is 274 g/mol. The maximum absolute atomic E-state index is 3.48. The highest BCUT2D eigenvalue weighted by atomic mass is 15.2. The molecule has 0 aromatic heterocycles. The lowest BCUT2D eigenvalue weighted by molar-refractivity contribution is 0.291. The fourth-order valence-electron chi connectivity index (χ4n) is 3.03. The molecule has 1 aromatic rings. The zero-order valence-corrected chi connectivity index (χ0v) is 13.7. The third kappa shape index (κ3) is 3.83. The Bertz CT molecular complexity index is 416. The molecule has 2 unspecified atom stereocenters. The molecule has 20 heavy (non-hydrogen) atoms. The number of hydrogen-bond acceptors (Lipinski definition) is 2. The summed E-state index contributed by atoms with van der Waals surface area (Å²) in [5, 5.41) is 3.48. The first-order valence-electron chi connectivity index (χ1n) is 7.90. The molecule has 0 radical (unpaired) electrons. The van der Waals surface area contributed by atoms with E-state index in [1.54, 1.807) is 0 Å². The van der Waals surface area contributed by atoms with E-state index in [0.717, 1.165) is 12.5 Å². The van der Waals surface area contributed by atoms with Crippen molar-refractivity contribution in [1.82, 2.24) is 10.2 Å². The third-order valence-electron chi connectivity index (χ3n) is 4.48. The van der Waals surface area contributed by atoms with Gasteiger partial charge in [0.2, 0.25) is 0 Å². The molecule has 1 aliphatic heterocycles. The molecule has 0 aliphatic carbocycles. The first kappa shape index (κ1) is 15.5. The lowest BCUT2D eigenvalue weighted by Gasteiger charge is -2.25. The van der Waals surface area contributed by atoms with Crippen molar-refractivity contribution < 1.29 is 0 Å². The van der Waals surface area contributed by atoms with Crippen molar-refractivity contribution in [3.05, 3.63) is 35.4 Å². The van der Waals surface area contributed by atoms with Crippen molar-refractivity contribution in [2.45, 2.75) is 45.6 Å². The normalized spacial score (nSPS) is 22.1. The maximum Gasteiger partial charge on any atom is 0.0446 e. The molecule has 1 aliphatic rings. The molecule has 1 N–H and O–H groups in total. The van der Waals surface area contributed by atoms with Crippen molar-refractivity contribution in [2.75, 3.05) is 26.7 Å². The van der Waals surface area contributed by atoms with Gasteiger partial charge in [-0.15, -0.1) is 0 Å². The molecular weight excluding hydrogens is 244 g/mol. The van der Waals surface area contributed by atoms with Crippen LogP contribution >= 0.6 is 0 Å². The van der Waals surface area contributed by atoms with Gasteiger partial charge in [-0.2, -0.15) is 0 Å². The second-order valence-electron chi connectivity index (χ2n) is 7.37. The van der Waals surface area contributed by atoms with Gasteiger partial charge in [0.1, 0.15) is 0 Å². The van der Waals surface area contributed by atoms with Crippen LogP contribution in [0, 0.1) is 5.92 Å². The van der Waals surface area contributed by atoms with Crippen LogP contribution in [0.15, 0.2) is 24.3 Å². The van der Waals surface area contributed by atoms with Crippen molar-refractivity contribution >= 4 is 0 Å². The molecule has 0 amide bonds. The highest BCUT2D eigenvalue weighted by Crippen LogP contribution is 2.25. The lowest BCUT2D eigenvalue weighted by Crippen LogP contribution is -2.32. The predicted molar refractivity (Wildman–Crippen MR) is 87.2 cm³/mol. The minimum atomic E-state index is 0.234. The van der Waals surface area contributed by atoms with Crippen LogP contribution < -0.4 is 5.32 Å². The molecule has 1 saturated heterocycles. The third-order valence-corrected chi connectivity index (χ3v) is 4.48. The SMILES string of the molecule is CNC(CN1CCC(C)C1)c1ccc(C(C)(C)C)cc1. The molecular formula is C18H30N2. The topological polar surface area (TPSA) is 15.3 Å². The van der Waals surface area contributed by atoms with Gasteiger partial charge < -0.3 is 10.2 Å². The van der Waals surface area contributed by atoms with E-state index in [2.05, 4.69) is 69.2 Å². The number of likely N-dealkylation sites (tertiary alicyclic amines) is 1. The summed E-state index contributed by atoms with van der Waals surface area (Å²) in [6.45, 7) is 12.8. The van der Waals surface area contributed by atoms with Gasteiger partial charge >= 0.3 is 0 Å².